The van der Waals surface area contributed by atoms with Crippen molar-refractivity contribution in [2.75, 3.05) is 12.4 Å². The summed E-state index contributed by atoms with van der Waals surface area (Å²) in [6.07, 6.45) is 2.15. The van der Waals surface area contributed by atoms with Gasteiger partial charge in [0.25, 0.3) is 5.91 Å². The number of halogens is 1. The number of aromatic nitrogens is 2. The van der Waals surface area contributed by atoms with E-state index < -0.39 is 0 Å². The largest absolute Gasteiger partial charge is 0.496 e. The zero-order valence-electron chi connectivity index (χ0n) is 15.8. The maximum atomic E-state index is 13.2. The molecule has 3 rings (SSSR count). The fourth-order valence-corrected chi connectivity index (χ4v) is 3.17. The van der Waals surface area contributed by atoms with E-state index in [2.05, 4.69) is 10.4 Å². The lowest BCUT2D eigenvalue weighted by molar-refractivity contribution is 0.102. The van der Waals surface area contributed by atoms with E-state index in [0.29, 0.717) is 23.4 Å². The van der Waals surface area contributed by atoms with Crippen LogP contribution in [0.1, 0.15) is 34.1 Å². The van der Waals surface area contributed by atoms with Crippen molar-refractivity contribution in [2.45, 2.75) is 27.2 Å². The normalized spacial score (nSPS) is 10.7. The SMILES string of the molecule is CCc1c(C(=O)Nc2ccc(C)c(OC)c2C)cnn1-c1ccc(F)cc1. The minimum atomic E-state index is -0.314. The average molecular weight is 367 g/mol. The van der Waals surface area contributed by atoms with Crippen molar-refractivity contribution < 1.29 is 13.9 Å². The zero-order chi connectivity index (χ0) is 19.6. The van der Waals surface area contributed by atoms with E-state index in [1.807, 2.05) is 32.9 Å². The van der Waals surface area contributed by atoms with Crippen molar-refractivity contribution >= 4 is 11.6 Å². The van der Waals surface area contributed by atoms with Gasteiger partial charge in [0.2, 0.25) is 0 Å². The van der Waals surface area contributed by atoms with Gasteiger partial charge in [0.1, 0.15) is 11.6 Å². The van der Waals surface area contributed by atoms with Crippen molar-refractivity contribution in [3.63, 3.8) is 0 Å². The van der Waals surface area contributed by atoms with Gasteiger partial charge >= 0.3 is 0 Å². The number of anilines is 1. The molecule has 2 aromatic carbocycles. The molecule has 0 fully saturated rings. The molecule has 1 heterocycles. The molecule has 0 atom stereocenters. The van der Waals surface area contributed by atoms with Gasteiger partial charge in [0.05, 0.1) is 30.3 Å². The van der Waals surface area contributed by atoms with Crippen LogP contribution in [-0.2, 0) is 6.42 Å². The second-order valence-electron chi connectivity index (χ2n) is 6.29. The minimum absolute atomic E-state index is 0.241. The molecule has 6 heteroatoms. The highest BCUT2D eigenvalue weighted by atomic mass is 19.1. The Morgan fingerprint density at radius 2 is 1.89 bits per heavy atom. The summed E-state index contributed by atoms with van der Waals surface area (Å²) in [6, 6.07) is 9.79. The van der Waals surface area contributed by atoms with Crippen molar-refractivity contribution in [3.05, 3.63) is 70.8 Å². The summed E-state index contributed by atoms with van der Waals surface area (Å²) in [5.74, 6) is 0.199. The standard InChI is InChI=1S/C21H22FN3O2/c1-5-19-17(12-23-25(19)16-9-7-15(22)8-10-16)21(26)24-18-11-6-13(2)20(27-4)14(18)3/h6-12H,5H2,1-4H3,(H,24,26). The Balaban J connectivity index is 1.93. The lowest BCUT2D eigenvalue weighted by atomic mass is 10.1. The first-order valence-electron chi connectivity index (χ1n) is 8.74. The molecule has 0 aliphatic carbocycles. The van der Waals surface area contributed by atoms with Crippen LogP contribution in [0.2, 0.25) is 0 Å². The third-order valence-electron chi connectivity index (χ3n) is 4.57. The first-order chi connectivity index (χ1) is 13.0. The lowest BCUT2D eigenvalue weighted by Crippen LogP contribution is -2.15. The average Bonchev–Trinajstić information content (AvgIpc) is 3.09. The molecule has 0 unspecified atom stereocenters. The molecule has 0 radical (unpaired) electrons. The second-order valence-corrected chi connectivity index (χ2v) is 6.29. The molecule has 1 aromatic heterocycles. The van der Waals surface area contributed by atoms with Crippen molar-refractivity contribution in [2.24, 2.45) is 0 Å². The van der Waals surface area contributed by atoms with Gasteiger partial charge in [-0.05, 0) is 56.2 Å². The van der Waals surface area contributed by atoms with E-state index in [1.165, 1.54) is 18.3 Å². The first kappa shape index (κ1) is 18.6. The van der Waals surface area contributed by atoms with E-state index in [-0.39, 0.29) is 11.7 Å². The molecular formula is C21H22FN3O2. The van der Waals surface area contributed by atoms with E-state index in [1.54, 1.807) is 23.9 Å². The quantitative estimate of drug-likeness (QED) is 0.725. The summed E-state index contributed by atoms with van der Waals surface area (Å²) in [5.41, 5.74) is 4.53. The molecule has 0 bridgehead atoms. The lowest BCUT2D eigenvalue weighted by Gasteiger charge is -2.14. The predicted octanol–water partition coefficient (Wildman–Crippen LogP) is 4.45. The summed E-state index contributed by atoms with van der Waals surface area (Å²) in [6.45, 7) is 5.82. The molecule has 0 aliphatic rings. The van der Waals surface area contributed by atoms with Gasteiger partial charge in [-0.2, -0.15) is 5.10 Å². The van der Waals surface area contributed by atoms with Gasteiger partial charge in [-0.25, -0.2) is 9.07 Å². The molecule has 140 valence electrons. The Morgan fingerprint density at radius 1 is 1.19 bits per heavy atom. The molecule has 0 spiro atoms. The number of hydrogen-bond acceptors (Lipinski definition) is 3. The summed E-state index contributed by atoms with van der Waals surface area (Å²) in [4.78, 5) is 12.9. The van der Waals surface area contributed by atoms with Crippen LogP contribution in [0.3, 0.4) is 0 Å². The smallest absolute Gasteiger partial charge is 0.259 e. The number of nitrogens with zero attached hydrogens (tertiary/aromatic N) is 2. The molecule has 1 amide bonds. The maximum absolute atomic E-state index is 13.2. The molecular weight excluding hydrogens is 345 g/mol. The first-order valence-corrected chi connectivity index (χ1v) is 8.74. The van der Waals surface area contributed by atoms with E-state index >= 15 is 0 Å². The number of carbonyl (C=O) groups excluding carboxylic acids is 1. The van der Waals surface area contributed by atoms with Crippen molar-refractivity contribution in [1.29, 1.82) is 0 Å². The molecule has 0 saturated carbocycles. The predicted molar refractivity (Wildman–Crippen MR) is 103 cm³/mol. The van der Waals surface area contributed by atoms with Crippen LogP contribution in [0.4, 0.5) is 10.1 Å². The Kier molecular flexibility index (Phi) is 5.26. The van der Waals surface area contributed by atoms with Crippen LogP contribution in [-0.4, -0.2) is 22.8 Å². The number of carbonyl (C=O) groups is 1. The van der Waals surface area contributed by atoms with E-state index in [9.17, 15) is 9.18 Å². The molecule has 0 aliphatic heterocycles. The van der Waals surface area contributed by atoms with Gasteiger partial charge in [0.15, 0.2) is 0 Å². The van der Waals surface area contributed by atoms with Crippen molar-refractivity contribution in [1.82, 2.24) is 9.78 Å². The number of amides is 1. The van der Waals surface area contributed by atoms with Gasteiger partial charge in [-0.3, -0.25) is 4.79 Å². The molecule has 5 nitrogen and oxygen atoms in total. The van der Waals surface area contributed by atoms with Crippen LogP contribution < -0.4 is 10.1 Å². The number of rotatable bonds is 5. The van der Waals surface area contributed by atoms with Crippen molar-refractivity contribution in [3.8, 4) is 11.4 Å². The van der Waals surface area contributed by atoms with Gasteiger partial charge in [0, 0.05) is 11.3 Å². The Hall–Kier alpha value is -3.15. The Morgan fingerprint density at radius 3 is 2.52 bits per heavy atom. The van der Waals surface area contributed by atoms with Gasteiger partial charge in [-0.1, -0.05) is 13.0 Å². The molecule has 27 heavy (non-hydrogen) atoms. The number of nitrogens with one attached hydrogen (secondary N) is 1. The van der Waals surface area contributed by atoms with E-state index in [4.69, 9.17) is 4.74 Å². The Labute approximate surface area is 157 Å². The number of benzene rings is 2. The number of ether oxygens (including phenoxy) is 1. The highest BCUT2D eigenvalue weighted by Crippen LogP contribution is 2.29. The number of hydrogen-bond donors (Lipinski definition) is 1. The summed E-state index contributed by atoms with van der Waals surface area (Å²) < 4.78 is 20.3. The topological polar surface area (TPSA) is 56.1 Å². The molecule has 1 N–H and O–H groups in total. The summed E-state index contributed by atoms with van der Waals surface area (Å²) >= 11 is 0. The third kappa shape index (κ3) is 3.56. The summed E-state index contributed by atoms with van der Waals surface area (Å²) in [5, 5.41) is 7.27. The van der Waals surface area contributed by atoms with E-state index in [0.717, 1.165) is 22.6 Å². The maximum Gasteiger partial charge on any atom is 0.259 e. The van der Waals surface area contributed by atoms with Gasteiger partial charge in [-0.15, -0.1) is 0 Å². The van der Waals surface area contributed by atoms with Crippen LogP contribution in [0.25, 0.3) is 5.69 Å². The monoisotopic (exact) mass is 367 g/mol. The minimum Gasteiger partial charge on any atom is -0.496 e. The fraction of sp³-hybridized carbons (Fsp3) is 0.238. The summed E-state index contributed by atoms with van der Waals surface area (Å²) in [7, 11) is 1.61. The highest BCUT2D eigenvalue weighted by molar-refractivity contribution is 6.05. The number of aryl methyl sites for hydroxylation is 1. The molecule has 3 aromatic rings. The molecule has 0 saturated heterocycles. The van der Waals surface area contributed by atoms with Gasteiger partial charge < -0.3 is 10.1 Å². The van der Waals surface area contributed by atoms with Crippen LogP contribution >= 0.6 is 0 Å². The fourth-order valence-electron chi connectivity index (χ4n) is 3.17. The number of methoxy groups -OCH3 is 1. The second kappa shape index (κ2) is 7.61. The third-order valence-corrected chi connectivity index (χ3v) is 4.57. The van der Waals surface area contributed by atoms with Crippen LogP contribution in [0, 0.1) is 19.7 Å². The van der Waals surface area contributed by atoms with Crippen LogP contribution in [0.15, 0.2) is 42.6 Å². The Bertz CT molecular complexity index is 978. The highest BCUT2D eigenvalue weighted by Gasteiger charge is 2.19. The van der Waals surface area contributed by atoms with Crippen LogP contribution in [0.5, 0.6) is 5.75 Å². The zero-order valence-corrected chi connectivity index (χ0v) is 15.8.